The molecule has 0 radical (unpaired) electrons. The van der Waals surface area contributed by atoms with Crippen LogP contribution in [0.25, 0.3) is 0 Å². The van der Waals surface area contributed by atoms with Gasteiger partial charge in [-0.3, -0.25) is 14.6 Å². The zero-order valence-electron chi connectivity index (χ0n) is 17.4. The zero-order valence-corrected chi connectivity index (χ0v) is 17.4. The van der Waals surface area contributed by atoms with Gasteiger partial charge >= 0.3 is 0 Å². The minimum absolute atomic E-state index is 0.0178. The predicted molar refractivity (Wildman–Crippen MR) is 118 cm³/mol. The highest BCUT2D eigenvalue weighted by atomic mass is 16.2. The van der Waals surface area contributed by atoms with Gasteiger partial charge in [-0.15, -0.1) is 0 Å². The van der Waals surface area contributed by atoms with Crippen LogP contribution in [0.1, 0.15) is 43.7 Å². The van der Waals surface area contributed by atoms with Gasteiger partial charge in [-0.2, -0.15) is 0 Å². The minimum atomic E-state index is -0.580. The Morgan fingerprint density at radius 3 is 2.53 bits per heavy atom. The summed E-state index contributed by atoms with van der Waals surface area (Å²) >= 11 is 0. The van der Waals surface area contributed by atoms with Crippen LogP contribution in [0.4, 0.5) is 5.69 Å². The van der Waals surface area contributed by atoms with Gasteiger partial charge in [-0.05, 0) is 49.7 Å². The molecular weight excluding hydrogens is 374 g/mol. The monoisotopic (exact) mass is 401 g/mol. The fourth-order valence-electron chi connectivity index (χ4n) is 5.06. The molecule has 3 aliphatic rings. The van der Waals surface area contributed by atoms with Crippen LogP contribution in [0.2, 0.25) is 0 Å². The van der Waals surface area contributed by atoms with E-state index in [-0.39, 0.29) is 18.4 Å². The first-order chi connectivity index (χ1) is 14.6. The number of hydrogen-bond donors (Lipinski definition) is 0. The van der Waals surface area contributed by atoms with Crippen LogP contribution in [0.15, 0.2) is 59.6 Å². The SMILES string of the molecule is CC1CCC2(CC1)N=C(c1ccccc1)C(=O)N2CC(=O)N1CCc2ccccc21. The lowest BCUT2D eigenvalue weighted by Crippen LogP contribution is -2.53. The molecular formula is C25H27N3O2. The number of carbonyl (C=O) groups excluding carboxylic acids is 2. The lowest BCUT2D eigenvalue weighted by Gasteiger charge is -2.41. The first-order valence-corrected chi connectivity index (χ1v) is 10.9. The van der Waals surface area contributed by atoms with Crippen molar-refractivity contribution < 1.29 is 9.59 Å². The van der Waals surface area contributed by atoms with E-state index < -0.39 is 5.66 Å². The summed E-state index contributed by atoms with van der Waals surface area (Å²) in [6, 6.07) is 17.7. The Balaban J connectivity index is 1.45. The highest BCUT2D eigenvalue weighted by Gasteiger charge is 2.49. The molecule has 1 aliphatic carbocycles. The van der Waals surface area contributed by atoms with E-state index in [0.29, 0.717) is 18.2 Å². The number of aliphatic imine (C=N–C) groups is 1. The molecule has 2 heterocycles. The van der Waals surface area contributed by atoms with Crippen molar-refractivity contribution in [1.29, 1.82) is 0 Å². The largest absolute Gasteiger partial charge is 0.310 e. The molecule has 154 valence electrons. The Bertz CT molecular complexity index is 1010. The molecule has 0 bridgehead atoms. The second-order valence-electron chi connectivity index (χ2n) is 8.81. The van der Waals surface area contributed by atoms with E-state index in [1.165, 1.54) is 5.56 Å². The van der Waals surface area contributed by atoms with Crippen LogP contribution >= 0.6 is 0 Å². The quantitative estimate of drug-likeness (QED) is 0.785. The minimum Gasteiger partial charge on any atom is -0.310 e. The fraction of sp³-hybridized carbons (Fsp3) is 0.400. The molecule has 2 aromatic rings. The lowest BCUT2D eigenvalue weighted by molar-refractivity contribution is -0.135. The smallest absolute Gasteiger partial charge is 0.275 e. The molecule has 1 saturated carbocycles. The summed E-state index contributed by atoms with van der Waals surface area (Å²) < 4.78 is 0. The zero-order chi connectivity index (χ0) is 20.7. The number of para-hydroxylation sites is 1. The second-order valence-corrected chi connectivity index (χ2v) is 8.81. The van der Waals surface area contributed by atoms with Crippen molar-refractivity contribution in [1.82, 2.24) is 4.90 Å². The number of fused-ring (bicyclic) bond motifs is 1. The Hall–Kier alpha value is -2.95. The van der Waals surface area contributed by atoms with Gasteiger partial charge in [-0.1, -0.05) is 55.5 Å². The summed E-state index contributed by atoms with van der Waals surface area (Å²) in [5.41, 5.74) is 2.93. The maximum Gasteiger partial charge on any atom is 0.275 e. The Morgan fingerprint density at radius 1 is 1.07 bits per heavy atom. The highest BCUT2D eigenvalue weighted by Crippen LogP contribution is 2.41. The van der Waals surface area contributed by atoms with Crippen LogP contribution in [0.5, 0.6) is 0 Å². The molecule has 0 unspecified atom stereocenters. The summed E-state index contributed by atoms with van der Waals surface area (Å²) in [7, 11) is 0. The first-order valence-electron chi connectivity index (χ1n) is 10.9. The predicted octanol–water partition coefficient (Wildman–Crippen LogP) is 3.81. The average Bonchev–Trinajstić information content (AvgIpc) is 3.32. The number of hydrogen-bond acceptors (Lipinski definition) is 3. The molecule has 0 aromatic heterocycles. The fourth-order valence-corrected chi connectivity index (χ4v) is 5.06. The number of anilines is 1. The van der Waals surface area contributed by atoms with E-state index >= 15 is 0 Å². The van der Waals surface area contributed by atoms with Gasteiger partial charge in [0, 0.05) is 17.8 Å². The van der Waals surface area contributed by atoms with Crippen molar-refractivity contribution in [3.05, 3.63) is 65.7 Å². The third-order valence-electron chi connectivity index (χ3n) is 6.87. The van der Waals surface area contributed by atoms with Gasteiger partial charge in [0.05, 0.1) is 0 Å². The topological polar surface area (TPSA) is 53.0 Å². The number of carbonyl (C=O) groups is 2. The van der Waals surface area contributed by atoms with Crippen molar-refractivity contribution in [3.63, 3.8) is 0 Å². The van der Waals surface area contributed by atoms with Crippen LogP contribution in [0.3, 0.4) is 0 Å². The number of nitrogens with zero attached hydrogens (tertiary/aromatic N) is 3. The number of rotatable bonds is 3. The van der Waals surface area contributed by atoms with Crippen LogP contribution in [-0.2, 0) is 16.0 Å². The average molecular weight is 402 g/mol. The van der Waals surface area contributed by atoms with Crippen LogP contribution < -0.4 is 4.90 Å². The summed E-state index contributed by atoms with van der Waals surface area (Å²) in [6.07, 6.45) is 4.55. The first kappa shape index (κ1) is 19.0. The summed E-state index contributed by atoms with van der Waals surface area (Å²) in [6.45, 7) is 3.01. The summed E-state index contributed by atoms with van der Waals surface area (Å²) in [5, 5.41) is 0. The number of benzene rings is 2. The van der Waals surface area contributed by atoms with Gasteiger partial charge in [0.25, 0.3) is 5.91 Å². The third-order valence-corrected chi connectivity index (χ3v) is 6.87. The molecule has 1 spiro atoms. The van der Waals surface area contributed by atoms with Crippen molar-refractivity contribution >= 4 is 23.2 Å². The highest BCUT2D eigenvalue weighted by molar-refractivity contribution is 6.47. The van der Waals surface area contributed by atoms with Crippen molar-refractivity contribution in [2.45, 2.75) is 44.7 Å². The molecule has 2 aliphatic heterocycles. The van der Waals surface area contributed by atoms with E-state index in [1.807, 2.05) is 53.4 Å². The van der Waals surface area contributed by atoms with E-state index in [1.54, 1.807) is 4.90 Å². The van der Waals surface area contributed by atoms with Crippen molar-refractivity contribution in [2.75, 3.05) is 18.0 Å². The van der Waals surface area contributed by atoms with Crippen molar-refractivity contribution in [3.8, 4) is 0 Å². The van der Waals surface area contributed by atoms with Gasteiger partial charge in [0.15, 0.2) is 0 Å². The molecule has 5 rings (SSSR count). The molecule has 30 heavy (non-hydrogen) atoms. The Kier molecular flexibility index (Phi) is 4.69. The molecule has 5 nitrogen and oxygen atoms in total. The third kappa shape index (κ3) is 3.13. The van der Waals surface area contributed by atoms with Gasteiger partial charge in [0.1, 0.15) is 17.9 Å². The Morgan fingerprint density at radius 2 is 1.77 bits per heavy atom. The van der Waals surface area contributed by atoms with Gasteiger partial charge in [0.2, 0.25) is 5.91 Å². The maximum atomic E-state index is 13.5. The van der Waals surface area contributed by atoms with E-state index in [9.17, 15) is 9.59 Å². The van der Waals surface area contributed by atoms with E-state index in [4.69, 9.17) is 4.99 Å². The summed E-state index contributed by atoms with van der Waals surface area (Å²) in [4.78, 5) is 35.4. The maximum absolute atomic E-state index is 13.5. The van der Waals surface area contributed by atoms with Crippen LogP contribution in [-0.4, -0.2) is 41.2 Å². The summed E-state index contributed by atoms with van der Waals surface area (Å²) in [5.74, 6) is 0.497. The molecule has 2 amide bonds. The molecule has 0 atom stereocenters. The normalized spacial score (nSPS) is 25.6. The standard InChI is InChI=1S/C25H27N3O2/c1-18-11-14-25(15-12-18)26-23(20-8-3-2-4-9-20)24(30)28(25)17-22(29)27-16-13-19-7-5-6-10-21(19)27/h2-10,18H,11-17H2,1H3. The van der Waals surface area contributed by atoms with Crippen molar-refractivity contribution in [2.24, 2.45) is 10.9 Å². The molecule has 0 saturated heterocycles. The van der Waals surface area contributed by atoms with E-state index in [0.717, 1.165) is 43.4 Å². The molecule has 5 heteroatoms. The second kappa shape index (κ2) is 7.38. The number of amides is 2. The van der Waals surface area contributed by atoms with Gasteiger partial charge in [-0.25, -0.2) is 0 Å². The molecule has 0 N–H and O–H groups in total. The van der Waals surface area contributed by atoms with Crippen LogP contribution in [0, 0.1) is 5.92 Å². The Labute approximate surface area is 177 Å². The molecule has 1 fully saturated rings. The lowest BCUT2D eigenvalue weighted by atomic mass is 9.82. The van der Waals surface area contributed by atoms with Gasteiger partial charge < -0.3 is 9.80 Å². The molecule has 2 aromatic carbocycles. The van der Waals surface area contributed by atoms with E-state index in [2.05, 4.69) is 13.0 Å².